The minimum atomic E-state index is -0.0944. The summed E-state index contributed by atoms with van der Waals surface area (Å²) in [5.74, 6) is 1.18. The summed E-state index contributed by atoms with van der Waals surface area (Å²) in [6, 6.07) is 7.97. The summed E-state index contributed by atoms with van der Waals surface area (Å²) in [6.45, 7) is 2.10. The van der Waals surface area contributed by atoms with Gasteiger partial charge in [-0.3, -0.25) is 4.90 Å². The Labute approximate surface area is 117 Å². The van der Waals surface area contributed by atoms with E-state index >= 15 is 0 Å². The maximum Gasteiger partial charge on any atom is 0.220 e. The van der Waals surface area contributed by atoms with Crippen molar-refractivity contribution >= 4 is 5.95 Å². The van der Waals surface area contributed by atoms with Crippen molar-refractivity contribution in [1.29, 1.82) is 0 Å². The molecule has 20 heavy (non-hydrogen) atoms. The van der Waals surface area contributed by atoms with E-state index in [-0.39, 0.29) is 6.23 Å². The van der Waals surface area contributed by atoms with Gasteiger partial charge in [0.25, 0.3) is 0 Å². The van der Waals surface area contributed by atoms with E-state index in [0.29, 0.717) is 5.95 Å². The van der Waals surface area contributed by atoms with Crippen LogP contribution < -0.4 is 10.5 Å². The molecule has 0 aliphatic carbocycles. The number of nitrogens with zero attached hydrogens (tertiary/aromatic N) is 3. The molecule has 2 aliphatic rings. The van der Waals surface area contributed by atoms with Gasteiger partial charge in [-0.2, -0.15) is 0 Å². The number of hydrogen-bond donors (Lipinski definition) is 1. The third-order valence-corrected chi connectivity index (χ3v) is 3.95. The minimum Gasteiger partial charge on any atom is -0.470 e. The Balaban J connectivity index is 1.87. The fourth-order valence-electron chi connectivity index (χ4n) is 3.00. The van der Waals surface area contributed by atoms with E-state index in [2.05, 4.69) is 14.9 Å². The number of hydrogen-bond acceptors (Lipinski definition) is 5. The number of nitrogens with two attached hydrogens (primary N) is 1. The maximum absolute atomic E-state index is 6.19. The molecule has 1 saturated heterocycles. The molecular formula is C15H16N4O. The first kappa shape index (κ1) is 11.7. The van der Waals surface area contributed by atoms with Gasteiger partial charge in [0.05, 0.1) is 11.3 Å². The highest BCUT2D eigenvalue weighted by molar-refractivity contribution is 5.72. The monoisotopic (exact) mass is 268 g/mol. The number of fused-ring (bicyclic) bond motifs is 3. The molecule has 4 rings (SSSR count). The van der Waals surface area contributed by atoms with E-state index in [0.717, 1.165) is 35.7 Å². The maximum atomic E-state index is 6.19. The lowest BCUT2D eigenvalue weighted by Crippen LogP contribution is -2.32. The Morgan fingerprint density at radius 3 is 2.85 bits per heavy atom. The minimum absolute atomic E-state index is 0.0944. The summed E-state index contributed by atoms with van der Waals surface area (Å²) in [7, 11) is 0. The Bertz CT molecular complexity index is 652. The van der Waals surface area contributed by atoms with Gasteiger partial charge in [-0.1, -0.05) is 12.1 Å². The van der Waals surface area contributed by atoms with Gasteiger partial charge in [0.15, 0.2) is 6.23 Å². The van der Waals surface area contributed by atoms with Crippen LogP contribution in [0.2, 0.25) is 0 Å². The van der Waals surface area contributed by atoms with E-state index in [1.165, 1.54) is 12.8 Å². The van der Waals surface area contributed by atoms with E-state index in [1.54, 1.807) is 6.20 Å². The number of anilines is 1. The first-order chi connectivity index (χ1) is 9.83. The van der Waals surface area contributed by atoms with Crippen LogP contribution in [0, 0.1) is 0 Å². The fraction of sp³-hybridized carbons (Fsp3) is 0.333. The topological polar surface area (TPSA) is 64.3 Å². The Morgan fingerprint density at radius 2 is 2.00 bits per heavy atom. The molecule has 2 aromatic rings. The second kappa shape index (κ2) is 4.45. The average Bonchev–Trinajstić information content (AvgIpc) is 3.00. The predicted octanol–water partition coefficient (Wildman–Crippen LogP) is 2.21. The molecule has 0 spiro atoms. The zero-order valence-corrected chi connectivity index (χ0v) is 11.1. The molecule has 2 aliphatic heterocycles. The molecule has 0 saturated carbocycles. The summed E-state index contributed by atoms with van der Waals surface area (Å²) < 4.78 is 6.19. The van der Waals surface area contributed by atoms with Crippen molar-refractivity contribution in [2.75, 3.05) is 18.8 Å². The summed E-state index contributed by atoms with van der Waals surface area (Å²) in [5.41, 5.74) is 8.67. The highest BCUT2D eigenvalue weighted by Gasteiger charge is 2.33. The first-order valence-corrected chi connectivity index (χ1v) is 6.95. The summed E-state index contributed by atoms with van der Waals surface area (Å²) >= 11 is 0. The zero-order valence-electron chi connectivity index (χ0n) is 11.1. The number of nitrogen functional groups attached to an aromatic ring is 1. The number of aromatic nitrogens is 2. The van der Waals surface area contributed by atoms with Crippen LogP contribution in [0.5, 0.6) is 5.75 Å². The summed E-state index contributed by atoms with van der Waals surface area (Å²) in [4.78, 5) is 10.9. The molecule has 0 amide bonds. The molecule has 1 aromatic carbocycles. The van der Waals surface area contributed by atoms with Crippen molar-refractivity contribution in [3.63, 3.8) is 0 Å². The smallest absolute Gasteiger partial charge is 0.220 e. The Morgan fingerprint density at radius 1 is 1.20 bits per heavy atom. The van der Waals surface area contributed by atoms with Crippen molar-refractivity contribution in [2.24, 2.45) is 0 Å². The molecule has 0 bridgehead atoms. The number of rotatable bonds is 1. The normalized spacial score (nSPS) is 21.1. The van der Waals surface area contributed by atoms with E-state index in [9.17, 15) is 0 Å². The molecule has 0 unspecified atom stereocenters. The van der Waals surface area contributed by atoms with Crippen molar-refractivity contribution in [3.05, 3.63) is 36.0 Å². The predicted molar refractivity (Wildman–Crippen MR) is 76.1 cm³/mol. The van der Waals surface area contributed by atoms with Gasteiger partial charge in [-0.15, -0.1) is 0 Å². The van der Waals surface area contributed by atoms with Gasteiger partial charge in [0.1, 0.15) is 5.75 Å². The largest absolute Gasteiger partial charge is 0.470 e. The van der Waals surface area contributed by atoms with Gasteiger partial charge in [-0.05, 0) is 25.0 Å². The third-order valence-electron chi connectivity index (χ3n) is 3.95. The second-order valence-corrected chi connectivity index (χ2v) is 5.24. The van der Waals surface area contributed by atoms with E-state index in [1.807, 2.05) is 24.3 Å². The molecule has 3 heterocycles. The molecule has 5 nitrogen and oxygen atoms in total. The molecule has 2 N–H and O–H groups in total. The Hall–Kier alpha value is -2.14. The van der Waals surface area contributed by atoms with Gasteiger partial charge in [0, 0.05) is 24.8 Å². The molecule has 102 valence electrons. The summed E-state index contributed by atoms with van der Waals surface area (Å²) in [6.07, 6.45) is 4.14. The number of benzene rings is 1. The zero-order chi connectivity index (χ0) is 13.5. The van der Waals surface area contributed by atoms with Crippen molar-refractivity contribution in [3.8, 4) is 17.0 Å². The Kier molecular flexibility index (Phi) is 2.60. The van der Waals surface area contributed by atoms with Crippen LogP contribution in [0.4, 0.5) is 5.95 Å². The highest BCUT2D eigenvalue weighted by Crippen LogP contribution is 2.42. The SMILES string of the molecule is Nc1ncc2c(n1)-c1ccccc1O[C@@H]2N1CCCC1. The van der Waals surface area contributed by atoms with Crippen LogP contribution in [0.3, 0.4) is 0 Å². The van der Waals surface area contributed by atoms with Crippen molar-refractivity contribution in [2.45, 2.75) is 19.1 Å². The summed E-state index contributed by atoms with van der Waals surface area (Å²) in [5, 5.41) is 0. The third kappa shape index (κ3) is 1.74. The number of para-hydroxylation sites is 1. The second-order valence-electron chi connectivity index (χ2n) is 5.24. The number of likely N-dealkylation sites (tertiary alicyclic amines) is 1. The van der Waals surface area contributed by atoms with Gasteiger partial charge < -0.3 is 10.5 Å². The molecule has 5 heteroatoms. The molecule has 1 atom stereocenters. The lowest BCUT2D eigenvalue weighted by atomic mass is 10.0. The van der Waals surface area contributed by atoms with Gasteiger partial charge in [0.2, 0.25) is 5.95 Å². The number of ether oxygens (including phenoxy) is 1. The molecule has 1 fully saturated rings. The van der Waals surface area contributed by atoms with E-state index in [4.69, 9.17) is 10.5 Å². The average molecular weight is 268 g/mol. The van der Waals surface area contributed by atoms with Crippen LogP contribution in [0.25, 0.3) is 11.3 Å². The van der Waals surface area contributed by atoms with Crippen LogP contribution in [-0.2, 0) is 0 Å². The van der Waals surface area contributed by atoms with Crippen LogP contribution >= 0.6 is 0 Å². The van der Waals surface area contributed by atoms with Crippen molar-refractivity contribution < 1.29 is 4.74 Å². The molecule has 1 aromatic heterocycles. The van der Waals surface area contributed by atoms with Crippen LogP contribution in [0.1, 0.15) is 24.6 Å². The standard InChI is InChI=1S/C15H16N4O/c16-15-17-9-11-13(18-15)10-5-1-2-6-12(10)20-14(11)19-7-3-4-8-19/h1-2,5-6,9,14H,3-4,7-8H2,(H2,16,17,18)/t14-/m0/s1. The van der Waals surface area contributed by atoms with Crippen molar-refractivity contribution in [1.82, 2.24) is 14.9 Å². The molecular weight excluding hydrogens is 252 g/mol. The lowest BCUT2D eigenvalue weighted by molar-refractivity contribution is 0.0393. The first-order valence-electron chi connectivity index (χ1n) is 6.95. The fourth-order valence-corrected chi connectivity index (χ4v) is 3.00. The van der Waals surface area contributed by atoms with E-state index < -0.39 is 0 Å². The quantitative estimate of drug-likeness (QED) is 0.859. The highest BCUT2D eigenvalue weighted by atomic mass is 16.5. The van der Waals surface area contributed by atoms with Gasteiger partial charge >= 0.3 is 0 Å². The van der Waals surface area contributed by atoms with Gasteiger partial charge in [-0.25, -0.2) is 9.97 Å². The van der Waals surface area contributed by atoms with Crippen LogP contribution in [0.15, 0.2) is 30.5 Å². The van der Waals surface area contributed by atoms with Crippen LogP contribution in [-0.4, -0.2) is 28.0 Å². The molecule has 0 radical (unpaired) electrons. The lowest BCUT2D eigenvalue weighted by Gasteiger charge is -2.33.